The Morgan fingerprint density at radius 2 is 1.96 bits per heavy atom. The van der Waals surface area contributed by atoms with Crippen molar-refractivity contribution in [1.82, 2.24) is 9.97 Å². The second kappa shape index (κ2) is 7.60. The van der Waals surface area contributed by atoms with Crippen LogP contribution in [0.4, 0.5) is 18.7 Å². The Balaban J connectivity index is 2.26. The Kier molecular flexibility index (Phi) is 5.38. The molecule has 1 aromatic carbocycles. The van der Waals surface area contributed by atoms with Crippen molar-refractivity contribution in [2.24, 2.45) is 0 Å². The highest BCUT2D eigenvalue weighted by atomic mass is 32.2. The predicted octanol–water partition coefficient (Wildman–Crippen LogP) is 3.52. The highest BCUT2D eigenvalue weighted by Crippen LogP contribution is 2.39. The first-order valence-corrected chi connectivity index (χ1v) is 9.99. The van der Waals surface area contributed by atoms with E-state index in [4.69, 9.17) is 0 Å². The van der Waals surface area contributed by atoms with E-state index in [2.05, 4.69) is 14.7 Å². The summed E-state index contributed by atoms with van der Waals surface area (Å²) in [4.78, 5) is 20.1. The quantitative estimate of drug-likeness (QED) is 0.594. The molecule has 0 aliphatic carbocycles. The van der Waals surface area contributed by atoms with Gasteiger partial charge in [-0.25, -0.2) is 27.6 Å². The molecule has 3 aromatic rings. The number of methoxy groups -OCH3 is 1. The highest BCUT2D eigenvalue weighted by molar-refractivity contribution is 7.93. The van der Waals surface area contributed by atoms with Gasteiger partial charge in [0.1, 0.15) is 11.5 Å². The average Bonchev–Trinajstić information content (AvgIpc) is 3.13. The Bertz CT molecular complexity index is 1150. The fourth-order valence-electron chi connectivity index (χ4n) is 2.31. The first kappa shape index (κ1) is 19.8. The molecule has 0 fully saturated rings. The molecule has 2 aromatic heterocycles. The number of rotatable bonds is 4. The van der Waals surface area contributed by atoms with Crippen LogP contribution in [-0.4, -0.2) is 38.6 Å². The number of ether oxygens (including phenoxy) is 1. The first-order valence-electron chi connectivity index (χ1n) is 7.69. The summed E-state index contributed by atoms with van der Waals surface area (Å²) in [6.07, 6.45) is 0.412. The van der Waals surface area contributed by atoms with Crippen LogP contribution >= 0.6 is 11.3 Å². The number of carbonyl (C=O) groups excluding carboxylic acids is 1. The number of aromatic nitrogens is 2. The molecule has 146 valence electrons. The highest BCUT2D eigenvalue weighted by Gasteiger charge is 2.30. The van der Waals surface area contributed by atoms with E-state index in [0.29, 0.717) is 11.3 Å². The van der Waals surface area contributed by atoms with Gasteiger partial charge in [0.25, 0.3) is 0 Å². The summed E-state index contributed by atoms with van der Waals surface area (Å²) in [6.45, 7) is 0. The van der Waals surface area contributed by atoms with E-state index in [0.717, 1.165) is 24.1 Å². The van der Waals surface area contributed by atoms with Gasteiger partial charge in [-0.1, -0.05) is 17.4 Å². The Morgan fingerprint density at radius 3 is 2.61 bits per heavy atom. The molecule has 0 radical (unpaired) electrons. The van der Waals surface area contributed by atoms with E-state index in [9.17, 15) is 22.0 Å². The molecular formula is C17H13F2N3O4S2. The molecule has 0 aliphatic rings. The van der Waals surface area contributed by atoms with Crippen molar-refractivity contribution in [2.75, 3.05) is 19.1 Å². The van der Waals surface area contributed by atoms with Crippen LogP contribution in [0.3, 0.4) is 0 Å². The molecule has 11 heteroatoms. The van der Waals surface area contributed by atoms with E-state index in [1.54, 1.807) is 0 Å². The molecule has 2 heterocycles. The number of halogens is 2. The molecule has 3 rings (SSSR count). The smallest absolute Gasteiger partial charge is 0.415 e. The van der Waals surface area contributed by atoms with Gasteiger partial charge in [-0.2, -0.15) is 4.39 Å². The third-order valence-corrected chi connectivity index (χ3v) is 7.08. The Morgan fingerprint density at radius 1 is 1.21 bits per heavy atom. The second-order valence-corrected chi connectivity index (χ2v) is 8.59. The fraction of sp³-hybridized carbons (Fsp3) is 0.118. The zero-order chi connectivity index (χ0) is 20.5. The fourth-order valence-corrected chi connectivity index (χ4v) is 5.18. The maximum atomic E-state index is 14.2. The monoisotopic (exact) mass is 425 g/mol. The van der Waals surface area contributed by atoms with Crippen LogP contribution in [0.25, 0.3) is 11.3 Å². The molecule has 7 nitrogen and oxygen atoms in total. The number of benzene rings is 1. The number of amides is 1. The number of sulfone groups is 1. The molecule has 0 unspecified atom stereocenters. The minimum absolute atomic E-state index is 0.0416. The number of nitrogens with zero attached hydrogens (tertiary/aromatic N) is 3. The summed E-state index contributed by atoms with van der Waals surface area (Å²) >= 11 is 0.632. The number of anilines is 1. The lowest BCUT2D eigenvalue weighted by Gasteiger charge is -2.10. The van der Waals surface area contributed by atoms with Crippen molar-refractivity contribution < 1.29 is 26.7 Å². The maximum absolute atomic E-state index is 14.2. The zero-order valence-corrected chi connectivity index (χ0v) is 16.2. The molecule has 0 N–H and O–H groups in total. The van der Waals surface area contributed by atoms with E-state index >= 15 is 0 Å². The number of pyridine rings is 1. The SMILES string of the molecule is COC(=O)N(C)c1nc(-c2cccnc2F)c(S(=O)(=O)c2cccc(F)c2)s1. The largest absolute Gasteiger partial charge is 0.452 e. The first-order chi connectivity index (χ1) is 13.3. The molecular weight excluding hydrogens is 412 g/mol. The van der Waals surface area contributed by atoms with Crippen molar-refractivity contribution in [3.8, 4) is 11.3 Å². The lowest BCUT2D eigenvalue weighted by molar-refractivity contribution is 0.180. The van der Waals surface area contributed by atoms with Crippen LogP contribution in [-0.2, 0) is 14.6 Å². The molecule has 0 atom stereocenters. The van der Waals surface area contributed by atoms with Crippen molar-refractivity contribution >= 4 is 32.4 Å². The van der Waals surface area contributed by atoms with Crippen LogP contribution in [0.5, 0.6) is 0 Å². The van der Waals surface area contributed by atoms with Gasteiger partial charge in [-0.3, -0.25) is 4.90 Å². The standard InChI is InChI=1S/C17H13F2N3O4S2/c1-22(17(23)26-2)16-21-13(12-7-4-8-20-14(12)19)15(27-16)28(24,25)11-6-3-5-10(18)9-11/h3-9H,1-2H3. The van der Waals surface area contributed by atoms with Crippen molar-refractivity contribution in [3.05, 3.63) is 54.4 Å². The molecule has 0 spiro atoms. The molecule has 0 saturated carbocycles. The van der Waals surface area contributed by atoms with Crippen molar-refractivity contribution in [1.29, 1.82) is 0 Å². The number of carbonyl (C=O) groups is 1. The van der Waals surface area contributed by atoms with Gasteiger partial charge in [0, 0.05) is 13.2 Å². The zero-order valence-electron chi connectivity index (χ0n) is 14.6. The lowest BCUT2D eigenvalue weighted by atomic mass is 10.2. The number of thiazole rings is 1. The Hall–Kier alpha value is -2.92. The summed E-state index contributed by atoms with van der Waals surface area (Å²) in [7, 11) is -1.78. The Labute approximate surface area is 163 Å². The number of hydrogen-bond donors (Lipinski definition) is 0. The van der Waals surface area contributed by atoms with Crippen LogP contribution in [0.1, 0.15) is 0 Å². The normalized spacial score (nSPS) is 11.3. The van der Waals surface area contributed by atoms with E-state index in [1.165, 1.54) is 37.5 Å². The third-order valence-electron chi connectivity index (χ3n) is 3.68. The molecule has 0 aliphatic heterocycles. The number of hydrogen-bond acceptors (Lipinski definition) is 7. The van der Waals surface area contributed by atoms with Crippen LogP contribution in [0.15, 0.2) is 51.7 Å². The van der Waals surface area contributed by atoms with Crippen molar-refractivity contribution in [3.63, 3.8) is 0 Å². The van der Waals surface area contributed by atoms with Crippen LogP contribution < -0.4 is 4.90 Å². The molecule has 0 bridgehead atoms. The maximum Gasteiger partial charge on any atom is 0.415 e. The molecule has 0 saturated heterocycles. The minimum atomic E-state index is -4.26. The lowest BCUT2D eigenvalue weighted by Crippen LogP contribution is -2.25. The second-order valence-electron chi connectivity index (χ2n) is 5.46. The van der Waals surface area contributed by atoms with Gasteiger partial charge in [0.15, 0.2) is 9.34 Å². The summed E-state index contributed by atoms with van der Waals surface area (Å²) in [5.74, 6) is -1.68. The van der Waals surface area contributed by atoms with Crippen LogP contribution in [0, 0.1) is 11.8 Å². The van der Waals surface area contributed by atoms with E-state index in [-0.39, 0.29) is 25.5 Å². The summed E-state index contributed by atoms with van der Waals surface area (Å²) in [5, 5.41) is -0.0416. The average molecular weight is 425 g/mol. The van der Waals surface area contributed by atoms with Gasteiger partial charge in [0.2, 0.25) is 15.8 Å². The molecule has 1 amide bonds. The third kappa shape index (κ3) is 3.58. The van der Waals surface area contributed by atoms with Gasteiger partial charge in [-0.05, 0) is 30.3 Å². The summed E-state index contributed by atoms with van der Waals surface area (Å²) < 4.78 is 58.2. The predicted molar refractivity (Wildman–Crippen MR) is 98.0 cm³/mol. The van der Waals surface area contributed by atoms with Gasteiger partial charge in [-0.15, -0.1) is 0 Å². The van der Waals surface area contributed by atoms with E-state index < -0.39 is 27.7 Å². The van der Waals surface area contributed by atoms with E-state index in [1.807, 2.05) is 0 Å². The topological polar surface area (TPSA) is 89.5 Å². The summed E-state index contributed by atoms with van der Waals surface area (Å²) in [5.41, 5.74) is -0.399. The van der Waals surface area contributed by atoms with Gasteiger partial charge in [0.05, 0.1) is 17.6 Å². The van der Waals surface area contributed by atoms with Gasteiger partial charge < -0.3 is 4.74 Å². The van der Waals surface area contributed by atoms with Gasteiger partial charge >= 0.3 is 6.09 Å². The molecule has 28 heavy (non-hydrogen) atoms. The van der Waals surface area contributed by atoms with Crippen molar-refractivity contribution in [2.45, 2.75) is 9.10 Å². The minimum Gasteiger partial charge on any atom is -0.452 e. The van der Waals surface area contributed by atoms with Crippen LogP contribution in [0.2, 0.25) is 0 Å². The summed E-state index contributed by atoms with van der Waals surface area (Å²) in [6, 6.07) is 7.14.